The van der Waals surface area contributed by atoms with Crippen molar-refractivity contribution in [2.45, 2.75) is 40.2 Å². The number of benzene rings is 3. The summed E-state index contributed by atoms with van der Waals surface area (Å²) in [6, 6.07) is 21.5. The van der Waals surface area contributed by atoms with E-state index in [1.165, 1.54) is 16.8 Å². The Balaban J connectivity index is 1.38. The van der Waals surface area contributed by atoms with Crippen LogP contribution in [0.3, 0.4) is 0 Å². The van der Waals surface area contributed by atoms with E-state index in [0.29, 0.717) is 29.1 Å². The Labute approximate surface area is 245 Å². The molecule has 0 aliphatic carbocycles. The molecule has 10 heteroatoms. The molecule has 0 bridgehead atoms. The summed E-state index contributed by atoms with van der Waals surface area (Å²) in [5.74, 6) is 1.29. The molecule has 0 radical (unpaired) electrons. The zero-order chi connectivity index (χ0) is 29.3. The fourth-order valence-corrected chi connectivity index (χ4v) is 5.02. The monoisotopic (exact) mass is 613 g/mol. The van der Waals surface area contributed by atoms with Gasteiger partial charge in [0.25, 0.3) is 11.2 Å². The van der Waals surface area contributed by atoms with Gasteiger partial charge in [0.05, 0.1) is 22.0 Å². The molecular formula is C31H28BrN5O4. The first-order valence-corrected chi connectivity index (χ1v) is 13.8. The van der Waals surface area contributed by atoms with Gasteiger partial charge in [0.1, 0.15) is 18.2 Å². The highest BCUT2D eigenvalue weighted by Gasteiger charge is 2.15. The van der Waals surface area contributed by atoms with Gasteiger partial charge in [-0.2, -0.15) is 9.78 Å². The summed E-state index contributed by atoms with van der Waals surface area (Å²) < 4.78 is 10.2. The van der Waals surface area contributed by atoms with Crippen molar-refractivity contribution in [2.75, 3.05) is 0 Å². The number of hydrogen-bond acceptors (Lipinski definition) is 6. The van der Waals surface area contributed by atoms with Crippen molar-refractivity contribution in [1.82, 2.24) is 14.2 Å². The third-order valence-corrected chi connectivity index (χ3v) is 7.27. The molecule has 0 spiro atoms. The molecule has 41 heavy (non-hydrogen) atoms. The van der Waals surface area contributed by atoms with Gasteiger partial charge >= 0.3 is 0 Å². The number of aryl methyl sites for hydroxylation is 1. The molecule has 2 heterocycles. The number of nitrogens with zero attached hydrogens (tertiary/aromatic N) is 5. The van der Waals surface area contributed by atoms with Crippen molar-refractivity contribution in [2.24, 2.45) is 5.10 Å². The summed E-state index contributed by atoms with van der Waals surface area (Å²) in [6.45, 7) is 8.31. The van der Waals surface area contributed by atoms with Gasteiger partial charge in [-0.05, 0) is 80.1 Å². The summed E-state index contributed by atoms with van der Waals surface area (Å²) >= 11 is 3.44. The minimum absolute atomic E-state index is 0.00136. The van der Waals surface area contributed by atoms with E-state index in [1.807, 2.05) is 70.2 Å². The number of ether oxygens (including phenoxy) is 1. The highest BCUT2D eigenvalue weighted by atomic mass is 79.9. The Morgan fingerprint density at radius 3 is 2.41 bits per heavy atom. The van der Waals surface area contributed by atoms with E-state index < -0.39 is 4.92 Å². The molecule has 0 aliphatic rings. The Morgan fingerprint density at radius 2 is 1.76 bits per heavy atom. The zero-order valence-electron chi connectivity index (χ0n) is 23.0. The minimum Gasteiger partial charge on any atom is -0.489 e. The minimum atomic E-state index is -0.422. The van der Waals surface area contributed by atoms with Crippen LogP contribution in [0.4, 0.5) is 5.69 Å². The number of nitro benzene ring substituents is 1. The molecule has 0 saturated heterocycles. The van der Waals surface area contributed by atoms with E-state index in [1.54, 1.807) is 24.4 Å². The maximum Gasteiger partial charge on any atom is 0.282 e. The summed E-state index contributed by atoms with van der Waals surface area (Å²) in [4.78, 5) is 28.5. The topological polar surface area (TPSA) is 105 Å². The van der Waals surface area contributed by atoms with E-state index in [9.17, 15) is 14.9 Å². The van der Waals surface area contributed by atoms with Gasteiger partial charge in [0, 0.05) is 45.2 Å². The average Bonchev–Trinajstić information content (AvgIpc) is 3.24. The van der Waals surface area contributed by atoms with Crippen LogP contribution in [-0.2, 0) is 6.61 Å². The second kappa shape index (κ2) is 11.5. The van der Waals surface area contributed by atoms with E-state index in [-0.39, 0.29) is 17.2 Å². The van der Waals surface area contributed by atoms with Crippen LogP contribution in [0.5, 0.6) is 5.75 Å². The third-order valence-electron chi connectivity index (χ3n) is 6.78. The lowest BCUT2D eigenvalue weighted by atomic mass is 10.2. The molecule has 0 N–H and O–H groups in total. The standard InChI is InChI=1S/C31H28BrN5O4/c1-19(2)30-34-29-14-7-24(32)16-28(29)31(38)36(30)33-17-23-15-20(3)35(21(23)4)25-10-12-27(13-11-25)41-18-22-5-8-26(9-6-22)37(39)40/h5-17,19H,18H2,1-4H3. The van der Waals surface area contributed by atoms with Gasteiger partial charge in [-0.3, -0.25) is 14.9 Å². The van der Waals surface area contributed by atoms with Crippen LogP contribution >= 0.6 is 15.9 Å². The Morgan fingerprint density at radius 1 is 1.05 bits per heavy atom. The van der Waals surface area contributed by atoms with Crippen molar-refractivity contribution in [3.63, 3.8) is 0 Å². The lowest BCUT2D eigenvalue weighted by Crippen LogP contribution is -2.23. The second-order valence-electron chi connectivity index (χ2n) is 10.0. The van der Waals surface area contributed by atoms with Crippen LogP contribution in [-0.4, -0.2) is 25.4 Å². The lowest BCUT2D eigenvalue weighted by molar-refractivity contribution is -0.384. The Bertz CT molecular complexity index is 1840. The zero-order valence-corrected chi connectivity index (χ0v) is 24.6. The number of hydrogen-bond donors (Lipinski definition) is 0. The van der Waals surface area contributed by atoms with Gasteiger partial charge in [-0.15, -0.1) is 0 Å². The molecule has 9 nitrogen and oxygen atoms in total. The number of rotatable bonds is 8. The van der Waals surface area contributed by atoms with Crippen molar-refractivity contribution < 1.29 is 9.66 Å². The van der Waals surface area contributed by atoms with Crippen molar-refractivity contribution >= 4 is 38.7 Å². The van der Waals surface area contributed by atoms with Crippen molar-refractivity contribution in [3.05, 3.63) is 126 Å². The molecule has 208 valence electrons. The average molecular weight is 615 g/mol. The fraction of sp³-hybridized carbons (Fsp3) is 0.194. The summed E-state index contributed by atoms with van der Waals surface area (Å²) in [6.07, 6.45) is 1.71. The molecular weight excluding hydrogens is 586 g/mol. The van der Waals surface area contributed by atoms with Gasteiger partial charge in [0.15, 0.2) is 0 Å². The number of nitro groups is 1. The van der Waals surface area contributed by atoms with Gasteiger partial charge in [-0.25, -0.2) is 4.98 Å². The number of non-ortho nitro benzene ring substituents is 1. The van der Waals surface area contributed by atoms with Crippen LogP contribution in [0.15, 0.2) is 87.2 Å². The smallest absolute Gasteiger partial charge is 0.282 e. The summed E-state index contributed by atoms with van der Waals surface area (Å²) in [5.41, 5.74) is 5.16. The molecule has 2 aromatic heterocycles. The lowest BCUT2D eigenvalue weighted by Gasteiger charge is -2.12. The quantitative estimate of drug-likeness (QED) is 0.106. The predicted octanol–water partition coefficient (Wildman–Crippen LogP) is 7.06. The first kappa shape index (κ1) is 28.0. The van der Waals surface area contributed by atoms with Crippen LogP contribution in [0.1, 0.15) is 48.1 Å². The number of aromatic nitrogens is 3. The third kappa shape index (κ3) is 5.83. The summed E-state index contributed by atoms with van der Waals surface area (Å²) in [5, 5.41) is 15.9. The van der Waals surface area contributed by atoms with Gasteiger partial charge in [0.2, 0.25) is 0 Å². The highest BCUT2D eigenvalue weighted by Crippen LogP contribution is 2.24. The largest absolute Gasteiger partial charge is 0.489 e. The first-order chi connectivity index (χ1) is 19.6. The summed E-state index contributed by atoms with van der Waals surface area (Å²) in [7, 11) is 0. The second-order valence-corrected chi connectivity index (χ2v) is 10.9. The van der Waals surface area contributed by atoms with Crippen LogP contribution in [0, 0.1) is 24.0 Å². The van der Waals surface area contributed by atoms with Crippen LogP contribution < -0.4 is 10.3 Å². The van der Waals surface area contributed by atoms with E-state index in [2.05, 4.69) is 25.6 Å². The van der Waals surface area contributed by atoms with E-state index in [0.717, 1.165) is 32.7 Å². The molecule has 0 saturated carbocycles. The molecule has 5 aromatic rings. The number of halogens is 1. The Hall–Kier alpha value is -4.57. The molecule has 0 fully saturated rings. The van der Waals surface area contributed by atoms with E-state index >= 15 is 0 Å². The van der Waals surface area contributed by atoms with Crippen molar-refractivity contribution in [1.29, 1.82) is 0 Å². The predicted molar refractivity (Wildman–Crippen MR) is 163 cm³/mol. The van der Waals surface area contributed by atoms with Crippen LogP contribution in [0.25, 0.3) is 16.6 Å². The Kier molecular flexibility index (Phi) is 7.85. The molecule has 0 atom stereocenters. The first-order valence-electron chi connectivity index (χ1n) is 13.0. The van der Waals surface area contributed by atoms with Gasteiger partial charge < -0.3 is 9.30 Å². The molecule has 5 rings (SSSR count). The maximum absolute atomic E-state index is 13.4. The fourth-order valence-electron chi connectivity index (χ4n) is 4.66. The highest BCUT2D eigenvalue weighted by molar-refractivity contribution is 9.10. The van der Waals surface area contributed by atoms with Crippen molar-refractivity contribution in [3.8, 4) is 11.4 Å². The van der Waals surface area contributed by atoms with E-state index in [4.69, 9.17) is 9.72 Å². The normalized spacial score (nSPS) is 11.6. The number of fused-ring (bicyclic) bond motifs is 1. The molecule has 0 amide bonds. The maximum atomic E-state index is 13.4. The molecule has 0 aliphatic heterocycles. The van der Waals surface area contributed by atoms with Crippen LogP contribution in [0.2, 0.25) is 0 Å². The van der Waals surface area contributed by atoms with Gasteiger partial charge in [-0.1, -0.05) is 29.8 Å². The molecule has 0 unspecified atom stereocenters. The SMILES string of the molecule is Cc1cc(C=Nn2c(C(C)C)nc3ccc(Br)cc3c2=O)c(C)n1-c1ccc(OCc2ccc([N+](=O)[O-])cc2)cc1. The molecule has 3 aromatic carbocycles.